The number of halogens is 1. The molecule has 1 aromatic rings. The highest BCUT2D eigenvalue weighted by atomic mass is 35.5. The average molecular weight is 326 g/mol. The van der Waals surface area contributed by atoms with Crippen LogP contribution in [0.25, 0.3) is 0 Å². The molecule has 114 valence electrons. The molecule has 1 aliphatic heterocycles. The Morgan fingerprint density at radius 2 is 1.81 bits per heavy atom. The van der Waals surface area contributed by atoms with E-state index in [1.807, 2.05) is 24.3 Å². The number of hydrogen-bond donors (Lipinski definition) is 2. The van der Waals surface area contributed by atoms with Gasteiger partial charge >= 0.3 is 0 Å². The van der Waals surface area contributed by atoms with Crippen LogP contribution in [0.2, 0.25) is 5.02 Å². The third-order valence-electron chi connectivity index (χ3n) is 4.64. The van der Waals surface area contributed by atoms with Crippen molar-refractivity contribution in [3.05, 3.63) is 34.9 Å². The molecule has 0 spiro atoms. The van der Waals surface area contributed by atoms with Crippen LogP contribution in [-0.2, 0) is 10.2 Å². The second kappa shape index (κ2) is 5.82. The lowest BCUT2D eigenvalue weighted by atomic mass is 9.93. The molecule has 1 amide bonds. The van der Waals surface area contributed by atoms with Crippen LogP contribution in [0.3, 0.4) is 0 Å². The summed E-state index contributed by atoms with van der Waals surface area (Å²) in [6.07, 6.45) is 3.25. The molecule has 21 heavy (non-hydrogen) atoms. The number of rotatable bonds is 4. The molecule has 2 fully saturated rings. The van der Waals surface area contributed by atoms with Gasteiger partial charge in [-0.2, -0.15) is 11.8 Å². The molecule has 0 unspecified atom stereocenters. The predicted octanol–water partition coefficient (Wildman–Crippen LogP) is 2.75. The maximum atomic E-state index is 12.3. The number of nitrogens with one attached hydrogen (secondary N) is 1. The van der Waals surface area contributed by atoms with Gasteiger partial charge in [0.25, 0.3) is 5.91 Å². The first-order valence-electron chi connectivity index (χ1n) is 7.39. The maximum Gasteiger partial charge on any atom is 0.252 e. The van der Waals surface area contributed by atoms with Crippen LogP contribution in [-0.4, -0.2) is 34.7 Å². The van der Waals surface area contributed by atoms with Crippen LogP contribution >= 0.6 is 23.4 Å². The van der Waals surface area contributed by atoms with E-state index < -0.39 is 5.60 Å². The van der Waals surface area contributed by atoms with Gasteiger partial charge in [-0.25, -0.2) is 0 Å². The van der Waals surface area contributed by atoms with Crippen LogP contribution in [0.15, 0.2) is 24.3 Å². The van der Waals surface area contributed by atoms with Crippen molar-refractivity contribution in [2.24, 2.45) is 0 Å². The van der Waals surface area contributed by atoms with E-state index in [1.165, 1.54) is 5.56 Å². The molecule has 2 aliphatic rings. The predicted molar refractivity (Wildman–Crippen MR) is 86.9 cm³/mol. The molecule has 1 saturated carbocycles. The Morgan fingerprint density at radius 1 is 1.19 bits per heavy atom. The Labute approximate surface area is 134 Å². The van der Waals surface area contributed by atoms with Crippen LogP contribution in [0.1, 0.15) is 31.2 Å². The lowest BCUT2D eigenvalue weighted by Crippen LogP contribution is -2.50. The van der Waals surface area contributed by atoms with Gasteiger partial charge < -0.3 is 10.4 Å². The van der Waals surface area contributed by atoms with E-state index in [0.29, 0.717) is 19.4 Å². The Kier molecular flexibility index (Phi) is 4.21. The molecule has 5 heteroatoms. The summed E-state index contributed by atoms with van der Waals surface area (Å²) in [7, 11) is 0. The highest BCUT2D eigenvalue weighted by molar-refractivity contribution is 7.99. The summed E-state index contributed by atoms with van der Waals surface area (Å²) in [5, 5.41) is 14.1. The zero-order chi connectivity index (χ0) is 14.9. The van der Waals surface area contributed by atoms with Crippen molar-refractivity contribution in [3.8, 4) is 0 Å². The van der Waals surface area contributed by atoms with Crippen LogP contribution in [0.4, 0.5) is 0 Å². The summed E-state index contributed by atoms with van der Waals surface area (Å²) < 4.78 is 0. The Morgan fingerprint density at radius 3 is 2.38 bits per heavy atom. The molecule has 0 bridgehead atoms. The van der Waals surface area contributed by atoms with Crippen LogP contribution in [0, 0.1) is 0 Å². The number of thioether (sulfide) groups is 1. The summed E-state index contributed by atoms with van der Waals surface area (Å²) in [5.74, 6) is 1.50. The molecule has 1 saturated heterocycles. The normalized spacial score (nSPS) is 22.6. The van der Waals surface area contributed by atoms with Gasteiger partial charge in [-0.15, -0.1) is 0 Å². The molecule has 1 aliphatic carbocycles. The van der Waals surface area contributed by atoms with Gasteiger partial charge in [0.1, 0.15) is 5.60 Å². The highest BCUT2D eigenvalue weighted by Crippen LogP contribution is 2.47. The van der Waals surface area contributed by atoms with E-state index in [9.17, 15) is 9.90 Å². The largest absolute Gasteiger partial charge is 0.380 e. The lowest BCUT2D eigenvalue weighted by molar-refractivity contribution is -0.140. The van der Waals surface area contributed by atoms with Crippen LogP contribution in [0.5, 0.6) is 0 Å². The third kappa shape index (κ3) is 3.22. The van der Waals surface area contributed by atoms with Gasteiger partial charge in [0.15, 0.2) is 0 Å². The molecule has 0 aromatic heterocycles. The van der Waals surface area contributed by atoms with Crippen molar-refractivity contribution >= 4 is 29.3 Å². The monoisotopic (exact) mass is 325 g/mol. The van der Waals surface area contributed by atoms with Crippen molar-refractivity contribution in [2.75, 3.05) is 18.1 Å². The standard InChI is InChI=1S/C16H20ClNO2S/c17-13-3-1-12(2-4-13)15(5-6-15)11-18-14(19)16(20)7-9-21-10-8-16/h1-4,20H,5-11H2,(H,18,19). The first-order valence-corrected chi connectivity index (χ1v) is 8.92. The Balaban J connectivity index is 1.62. The highest BCUT2D eigenvalue weighted by Gasteiger charge is 2.46. The first kappa shape index (κ1) is 15.2. The zero-order valence-corrected chi connectivity index (χ0v) is 13.5. The Bertz CT molecular complexity index is 522. The zero-order valence-electron chi connectivity index (χ0n) is 11.9. The van der Waals surface area contributed by atoms with E-state index >= 15 is 0 Å². The summed E-state index contributed by atoms with van der Waals surface area (Å²) in [5.41, 5.74) is 0.0971. The first-order chi connectivity index (χ1) is 10.0. The molecule has 0 atom stereocenters. The van der Waals surface area contributed by atoms with Crippen molar-refractivity contribution in [3.63, 3.8) is 0 Å². The summed E-state index contributed by atoms with van der Waals surface area (Å²) in [6, 6.07) is 7.86. The van der Waals surface area contributed by atoms with E-state index in [2.05, 4.69) is 5.32 Å². The third-order valence-corrected chi connectivity index (χ3v) is 5.88. The SMILES string of the molecule is O=C(NCC1(c2ccc(Cl)cc2)CC1)C1(O)CCSCC1. The minimum Gasteiger partial charge on any atom is -0.380 e. The minimum absolute atomic E-state index is 0.0417. The molecular weight excluding hydrogens is 306 g/mol. The topological polar surface area (TPSA) is 49.3 Å². The number of amides is 1. The van der Waals surface area contributed by atoms with Crippen LogP contribution < -0.4 is 5.32 Å². The number of benzene rings is 1. The lowest BCUT2D eigenvalue weighted by Gasteiger charge is -2.31. The molecule has 3 nitrogen and oxygen atoms in total. The van der Waals surface area contributed by atoms with Crippen molar-refractivity contribution in [1.29, 1.82) is 0 Å². The van der Waals surface area contributed by atoms with Gasteiger partial charge in [-0.05, 0) is 54.9 Å². The quantitative estimate of drug-likeness (QED) is 0.895. The van der Waals surface area contributed by atoms with E-state index in [1.54, 1.807) is 11.8 Å². The molecule has 2 N–H and O–H groups in total. The fraction of sp³-hybridized carbons (Fsp3) is 0.562. The second-order valence-corrected chi connectivity index (χ2v) is 7.78. The van der Waals surface area contributed by atoms with Crippen molar-refractivity contribution < 1.29 is 9.90 Å². The van der Waals surface area contributed by atoms with Crippen molar-refractivity contribution in [2.45, 2.75) is 36.7 Å². The molecule has 1 heterocycles. The van der Waals surface area contributed by atoms with Gasteiger partial charge in [-0.3, -0.25) is 4.79 Å². The van der Waals surface area contributed by atoms with Gasteiger partial charge in [0.2, 0.25) is 0 Å². The van der Waals surface area contributed by atoms with Gasteiger partial charge in [-0.1, -0.05) is 23.7 Å². The summed E-state index contributed by atoms with van der Waals surface area (Å²) in [6.45, 7) is 0.600. The molecular formula is C16H20ClNO2S. The molecule has 1 aromatic carbocycles. The minimum atomic E-state index is -1.17. The average Bonchev–Trinajstić information content (AvgIpc) is 3.27. The fourth-order valence-electron chi connectivity index (χ4n) is 2.87. The van der Waals surface area contributed by atoms with Gasteiger partial charge in [0, 0.05) is 17.0 Å². The number of carbonyl (C=O) groups is 1. The smallest absolute Gasteiger partial charge is 0.252 e. The fourth-order valence-corrected chi connectivity index (χ4v) is 4.17. The van der Waals surface area contributed by atoms with Crippen molar-refractivity contribution in [1.82, 2.24) is 5.32 Å². The summed E-state index contributed by atoms with van der Waals surface area (Å²) >= 11 is 7.72. The summed E-state index contributed by atoms with van der Waals surface area (Å²) in [4.78, 5) is 12.3. The maximum absolute atomic E-state index is 12.3. The molecule has 3 rings (SSSR count). The van der Waals surface area contributed by atoms with E-state index in [0.717, 1.165) is 29.4 Å². The molecule has 0 radical (unpaired) electrons. The van der Waals surface area contributed by atoms with E-state index in [-0.39, 0.29) is 11.3 Å². The number of hydrogen-bond acceptors (Lipinski definition) is 3. The Hall–Kier alpha value is -0.710. The van der Waals surface area contributed by atoms with Gasteiger partial charge in [0.05, 0.1) is 0 Å². The number of carbonyl (C=O) groups excluding carboxylic acids is 1. The van der Waals surface area contributed by atoms with E-state index in [4.69, 9.17) is 11.6 Å². The second-order valence-electron chi connectivity index (χ2n) is 6.11. The number of aliphatic hydroxyl groups is 1.